The normalized spacial score (nSPS) is 10.0. The number of aromatic hydroxyl groups is 1. The average molecular weight is 389 g/mol. The lowest BCUT2D eigenvalue weighted by Gasteiger charge is -2.25. The highest BCUT2D eigenvalue weighted by atomic mass is 16.3. The fraction of sp³-hybridized carbons (Fsp3) is 0. The molecule has 0 saturated heterocycles. The van der Waals surface area contributed by atoms with Crippen molar-refractivity contribution in [1.29, 1.82) is 0 Å². The minimum absolute atomic E-state index is 0.0837. The lowest BCUT2D eigenvalue weighted by Crippen LogP contribution is -2.09. The van der Waals surface area contributed by atoms with Crippen LogP contribution in [0.2, 0.25) is 0 Å². The Kier molecular flexibility index (Phi) is 5.59. The Hall–Kier alpha value is -4.29. The summed E-state index contributed by atoms with van der Waals surface area (Å²) in [5.41, 5.74) is 4.46. The third-order valence-corrected chi connectivity index (χ3v) is 4.69. The highest BCUT2D eigenvalue weighted by Crippen LogP contribution is 2.36. The molecule has 0 aliphatic heterocycles. The number of para-hydroxylation sites is 2. The first-order valence-electron chi connectivity index (χ1n) is 9.56. The summed E-state index contributed by atoms with van der Waals surface area (Å²) in [5.74, 6) is 6.03. The van der Waals surface area contributed by atoms with Gasteiger partial charge in [-0.15, -0.1) is 0 Å². The molecule has 0 unspecified atom stereocenters. The molecule has 0 heterocycles. The van der Waals surface area contributed by atoms with Crippen LogP contribution in [0.15, 0.2) is 103 Å². The van der Waals surface area contributed by atoms with Crippen molar-refractivity contribution in [1.82, 2.24) is 0 Å². The van der Waals surface area contributed by atoms with E-state index in [1.807, 2.05) is 72.8 Å². The number of nitrogens with zero attached hydrogens (tertiary/aromatic N) is 1. The minimum atomic E-state index is 0.0837. The number of phenolic OH excluding ortho intramolecular Hbond substituents is 1. The van der Waals surface area contributed by atoms with Crippen LogP contribution in [-0.2, 0) is 0 Å². The molecule has 30 heavy (non-hydrogen) atoms. The summed E-state index contributed by atoms with van der Waals surface area (Å²) < 4.78 is 0. The van der Waals surface area contributed by atoms with Crippen LogP contribution in [0.4, 0.5) is 17.1 Å². The summed E-state index contributed by atoms with van der Waals surface area (Å²) in [6.07, 6.45) is 0.782. The third-order valence-electron chi connectivity index (χ3n) is 4.69. The summed E-state index contributed by atoms with van der Waals surface area (Å²) in [6, 6.07) is 32.5. The second-order valence-electron chi connectivity index (χ2n) is 6.66. The molecule has 0 fully saturated rings. The molecule has 0 bridgehead atoms. The Morgan fingerprint density at radius 2 is 1.20 bits per heavy atom. The van der Waals surface area contributed by atoms with E-state index in [0.29, 0.717) is 16.7 Å². The second kappa shape index (κ2) is 8.81. The number of aldehydes is 1. The maximum Gasteiger partial charge on any atom is 0.151 e. The van der Waals surface area contributed by atoms with Crippen LogP contribution in [-0.4, -0.2) is 11.4 Å². The van der Waals surface area contributed by atoms with Crippen LogP contribution >= 0.6 is 0 Å². The molecule has 0 atom stereocenters. The van der Waals surface area contributed by atoms with E-state index in [-0.39, 0.29) is 5.75 Å². The van der Waals surface area contributed by atoms with Gasteiger partial charge < -0.3 is 10.0 Å². The molecule has 3 nitrogen and oxygen atoms in total. The molecule has 4 rings (SSSR count). The Morgan fingerprint density at radius 1 is 0.633 bits per heavy atom. The fourth-order valence-electron chi connectivity index (χ4n) is 3.21. The monoisotopic (exact) mass is 389 g/mol. The molecule has 4 aromatic rings. The van der Waals surface area contributed by atoms with E-state index < -0.39 is 0 Å². The Balaban J connectivity index is 1.73. The first-order chi connectivity index (χ1) is 14.8. The van der Waals surface area contributed by atoms with Crippen LogP contribution < -0.4 is 4.90 Å². The number of carbonyl (C=O) groups is 1. The van der Waals surface area contributed by atoms with E-state index in [1.54, 1.807) is 30.3 Å². The van der Waals surface area contributed by atoms with Gasteiger partial charge in [0.15, 0.2) is 6.29 Å². The number of hydrogen-bond donors (Lipinski definition) is 1. The minimum Gasteiger partial charge on any atom is -0.507 e. The second-order valence-corrected chi connectivity index (χ2v) is 6.66. The summed E-state index contributed by atoms with van der Waals surface area (Å²) in [7, 11) is 0. The number of rotatable bonds is 4. The maximum atomic E-state index is 11.2. The van der Waals surface area contributed by atoms with Gasteiger partial charge in [0, 0.05) is 34.3 Å². The molecular weight excluding hydrogens is 370 g/mol. The molecule has 0 spiro atoms. The molecule has 4 aromatic carbocycles. The van der Waals surface area contributed by atoms with Crippen molar-refractivity contribution >= 4 is 23.3 Å². The van der Waals surface area contributed by atoms with Gasteiger partial charge in [-0.05, 0) is 42.5 Å². The fourth-order valence-corrected chi connectivity index (χ4v) is 3.21. The molecule has 3 heteroatoms. The van der Waals surface area contributed by atoms with Crippen molar-refractivity contribution in [3.63, 3.8) is 0 Å². The van der Waals surface area contributed by atoms with E-state index in [2.05, 4.69) is 16.7 Å². The number of carbonyl (C=O) groups excluding carboxylic acids is 1. The van der Waals surface area contributed by atoms with Gasteiger partial charge in [-0.3, -0.25) is 4.79 Å². The summed E-state index contributed by atoms with van der Waals surface area (Å²) in [6.45, 7) is 0. The lowest BCUT2D eigenvalue weighted by atomic mass is 10.1. The quantitative estimate of drug-likeness (QED) is 0.340. The van der Waals surface area contributed by atoms with Gasteiger partial charge in [0.05, 0.1) is 5.56 Å². The summed E-state index contributed by atoms with van der Waals surface area (Å²) in [4.78, 5) is 13.2. The third kappa shape index (κ3) is 4.09. The van der Waals surface area contributed by atoms with E-state index in [0.717, 1.165) is 23.3 Å². The molecule has 0 amide bonds. The average Bonchev–Trinajstić information content (AvgIpc) is 2.80. The zero-order valence-electron chi connectivity index (χ0n) is 16.2. The van der Waals surface area contributed by atoms with Crippen LogP contribution in [0.5, 0.6) is 5.75 Å². The van der Waals surface area contributed by atoms with Gasteiger partial charge in [-0.1, -0.05) is 66.4 Å². The largest absolute Gasteiger partial charge is 0.507 e. The Morgan fingerprint density at radius 3 is 1.80 bits per heavy atom. The van der Waals surface area contributed by atoms with Crippen molar-refractivity contribution in [2.24, 2.45) is 0 Å². The van der Waals surface area contributed by atoms with E-state index >= 15 is 0 Å². The zero-order valence-corrected chi connectivity index (χ0v) is 16.2. The molecule has 0 aliphatic rings. The van der Waals surface area contributed by atoms with Crippen molar-refractivity contribution in [2.75, 3.05) is 4.90 Å². The number of benzene rings is 4. The van der Waals surface area contributed by atoms with Crippen LogP contribution in [0.3, 0.4) is 0 Å². The van der Waals surface area contributed by atoms with Crippen LogP contribution in [0.1, 0.15) is 21.5 Å². The van der Waals surface area contributed by atoms with Crippen molar-refractivity contribution in [2.45, 2.75) is 0 Å². The predicted octanol–water partition coefficient (Wildman–Crippen LogP) is 6.07. The molecule has 1 N–H and O–H groups in total. The first-order valence-corrected chi connectivity index (χ1v) is 9.56. The van der Waals surface area contributed by atoms with Crippen molar-refractivity contribution in [3.05, 3.63) is 120 Å². The Labute approximate surface area is 175 Å². The van der Waals surface area contributed by atoms with Gasteiger partial charge in [-0.2, -0.15) is 0 Å². The topological polar surface area (TPSA) is 40.5 Å². The first kappa shape index (κ1) is 19.0. The zero-order chi connectivity index (χ0) is 20.8. The SMILES string of the molecule is O=Cc1ccccc1C#Cc1ccc(N(c2ccccc2)c2ccccc2)cc1O. The maximum absolute atomic E-state index is 11.2. The van der Waals surface area contributed by atoms with Gasteiger partial charge in [-0.25, -0.2) is 0 Å². The van der Waals surface area contributed by atoms with E-state index in [4.69, 9.17) is 0 Å². The highest BCUT2D eigenvalue weighted by molar-refractivity contribution is 5.80. The number of anilines is 3. The summed E-state index contributed by atoms with van der Waals surface area (Å²) in [5, 5.41) is 10.6. The van der Waals surface area contributed by atoms with Crippen LogP contribution in [0, 0.1) is 11.8 Å². The predicted molar refractivity (Wildman–Crippen MR) is 121 cm³/mol. The molecule has 0 saturated carbocycles. The number of hydrogen-bond acceptors (Lipinski definition) is 3. The summed E-state index contributed by atoms with van der Waals surface area (Å²) >= 11 is 0. The lowest BCUT2D eigenvalue weighted by molar-refractivity contribution is 0.112. The van der Waals surface area contributed by atoms with Gasteiger partial charge >= 0.3 is 0 Å². The van der Waals surface area contributed by atoms with Crippen LogP contribution in [0.25, 0.3) is 0 Å². The van der Waals surface area contributed by atoms with Crippen molar-refractivity contribution in [3.8, 4) is 17.6 Å². The molecular formula is C27H19NO2. The Bertz CT molecular complexity index is 1180. The van der Waals surface area contributed by atoms with E-state index in [1.165, 1.54) is 0 Å². The molecule has 0 aliphatic carbocycles. The van der Waals surface area contributed by atoms with Gasteiger partial charge in [0.25, 0.3) is 0 Å². The smallest absolute Gasteiger partial charge is 0.151 e. The van der Waals surface area contributed by atoms with E-state index in [9.17, 15) is 9.90 Å². The number of phenols is 1. The highest BCUT2D eigenvalue weighted by Gasteiger charge is 2.13. The van der Waals surface area contributed by atoms with Gasteiger partial charge in [0.1, 0.15) is 5.75 Å². The molecule has 0 aromatic heterocycles. The standard InChI is InChI=1S/C27H19NO2/c29-20-23-10-8-7-9-21(23)15-16-22-17-18-26(19-27(22)30)28(24-11-3-1-4-12-24)25-13-5-2-6-14-25/h1-14,17-20,30H. The van der Waals surface area contributed by atoms with Crippen molar-refractivity contribution < 1.29 is 9.90 Å². The van der Waals surface area contributed by atoms with Gasteiger partial charge in [0.2, 0.25) is 0 Å². The molecule has 144 valence electrons. The molecule has 0 radical (unpaired) electrons.